The summed E-state index contributed by atoms with van der Waals surface area (Å²) in [6.45, 7) is 16.5. The molecule has 0 amide bonds. The number of fused-ring (bicyclic) bond motifs is 1. The van der Waals surface area contributed by atoms with E-state index in [1.807, 2.05) is 13.8 Å². The summed E-state index contributed by atoms with van der Waals surface area (Å²) in [7, 11) is 0. The Labute approximate surface area is 158 Å². The Balaban J connectivity index is 0.00000109. The van der Waals surface area contributed by atoms with Crippen LogP contribution < -0.4 is 0 Å². The van der Waals surface area contributed by atoms with E-state index in [0.29, 0.717) is 10.8 Å². The molecule has 1 heteroatoms. The molecule has 3 aliphatic carbocycles. The fourth-order valence-corrected chi connectivity index (χ4v) is 7.46. The van der Waals surface area contributed by atoms with Crippen LogP contribution in [0, 0.1) is 40.4 Å². The molecule has 0 bridgehead atoms. The molecule has 0 aromatic rings. The molecule has 0 spiro atoms. The lowest BCUT2D eigenvalue weighted by molar-refractivity contribution is -0.0938. The van der Waals surface area contributed by atoms with Crippen molar-refractivity contribution in [2.75, 3.05) is 0 Å². The Kier molecular flexibility index (Phi) is 7.08. The first kappa shape index (κ1) is 21.3. The second-order valence-electron chi connectivity index (χ2n) is 9.85. The first-order chi connectivity index (χ1) is 11.9. The van der Waals surface area contributed by atoms with Crippen molar-refractivity contribution in [2.45, 2.75) is 112 Å². The average Bonchev–Trinajstić information content (AvgIpc) is 2.93. The zero-order chi connectivity index (χ0) is 18.8. The van der Waals surface area contributed by atoms with Gasteiger partial charge in [-0.05, 0) is 85.4 Å². The van der Waals surface area contributed by atoms with Gasteiger partial charge in [-0.1, -0.05) is 61.3 Å². The summed E-state index contributed by atoms with van der Waals surface area (Å²) in [5, 5.41) is 10.2. The summed E-state index contributed by atoms with van der Waals surface area (Å²) in [4.78, 5) is 0. The number of hydrogen-bond donors (Lipinski definition) is 1. The zero-order valence-electron chi connectivity index (χ0n) is 18.3. The van der Waals surface area contributed by atoms with Gasteiger partial charge in [-0.25, -0.2) is 0 Å². The van der Waals surface area contributed by atoms with Crippen LogP contribution in [-0.2, 0) is 0 Å². The van der Waals surface area contributed by atoms with Crippen LogP contribution in [0.15, 0.2) is 0 Å². The van der Waals surface area contributed by atoms with Gasteiger partial charge in [-0.2, -0.15) is 0 Å². The minimum Gasteiger partial charge on any atom is -0.393 e. The van der Waals surface area contributed by atoms with Crippen molar-refractivity contribution in [3.63, 3.8) is 0 Å². The second kappa shape index (κ2) is 8.32. The summed E-state index contributed by atoms with van der Waals surface area (Å²) < 4.78 is 0. The summed E-state index contributed by atoms with van der Waals surface area (Å²) in [5.74, 6) is 4.43. The van der Waals surface area contributed by atoms with Gasteiger partial charge < -0.3 is 5.11 Å². The van der Waals surface area contributed by atoms with E-state index in [1.54, 1.807) is 0 Å². The van der Waals surface area contributed by atoms with Gasteiger partial charge in [0.2, 0.25) is 0 Å². The number of aliphatic hydroxyl groups excluding tert-OH is 1. The van der Waals surface area contributed by atoms with Gasteiger partial charge in [0.15, 0.2) is 0 Å². The van der Waals surface area contributed by atoms with Crippen LogP contribution in [0.4, 0.5) is 0 Å². The molecule has 0 aliphatic heterocycles. The highest BCUT2D eigenvalue weighted by atomic mass is 16.3. The predicted molar refractivity (Wildman–Crippen MR) is 110 cm³/mol. The molecular formula is C24H46O. The van der Waals surface area contributed by atoms with Crippen molar-refractivity contribution in [3.8, 4) is 0 Å². The molecule has 3 aliphatic rings. The molecule has 148 valence electrons. The van der Waals surface area contributed by atoms with Gasteiger partial charge >= 0.3 is 0 Å². The predicted octanol–water partition coefficient (Wildman–Crippen LogP) is 7.08. The molecule has 8 atom stereocenters. The van der Waals surface area contributed by atoms with Crippen LogP contribution in [0.3, 0.4) is 0 Å². The van der Waals surface area contributed by atoms with Gasteiger partial charge in [0, 0.05) is 0 Å². The highest BCUT2D eigenvalue weighted by Crippen LogP contribution is 2.64. The quantitative estimate of drug-likeness (QED) is 0.576. The third kappa shape index (κ3) is 3.56. The van der Waals surface area contributed by atoms with Gasteiger partial charge in [0.1, 0.15) is 0 Å². The van der Waals surface area contributed by atoms with Crippen molar-refractivity contribution in [3.05, 3.63) is 0 Å². The third-order valence-corrected chi connectivity index (χ3v) is 9.23. The normalized spacial score (nSPS) is 49.9. The maximum atomic E-state index is 10.2. The molecule has 0 radical (unpaired) electrons. The van der Waals surface area contributed by atoms with E-state index in [0.717, 1.165) is 42.4 Å². The van der Waals surface area contributed by atoms with Crippen LogP contribution in [0.5, 0.6) is 0 Å². The SMILES string of the molecule is CC.CCC1C2CCC(C)C2(C)CCC1C1(C)CCC(O)CC1CC. The van der Waals surface area contributed by atoms with E-state index in [1.165, 1.54) is 44.9 Å². The highest BCUT2D eigenvalue weighted by molar-refractivity contribution is 5.05. The van der Waals surface area contributed by atoms with Crippen molar-refractivity contribution in [2.24, 2.45) is 40.4 Å². The Morgan fingerprint density at radius 3 is 2.04 bits per heavy atom. The monoisotopic (exact) mass is 350 g/mol. The lowest BCUT2D eigenvalue weighted by Gasteiger charge is -2.57. The Morgan fingerprint density at radius 2 is 1.44 bits per heavy atom. The fourth-order valence-electron chi connectivity index (χ4n) is 7.46. The molecular weight excluding hydrogens is 304 g/mol. The van der Waals surface area contributed by atoms with Crippen molar-refractivity contribution in [1.82, 2.24) is 0 Å². The molecule has 0 aromatic carbocycles. The molecule has 3 fully saturated rings. The van der Waals surface area contributed by atoms with E-state index < -0.39 is 0 Å². The minimum atomic E-state index is -0.0338. The van der Waals surface area contributed by atoms with Crippen LogP contribution in [-0.4, -0.2) is 11.2 Å². The van der Waals surface area contributed by atoms with E-state index in [2.05, 4.69) is 34.6 Å². The Morgan fingerprint density at radius 1 is 0.840 bits per heavy atom. The molecule has 3 saturated carbocycles. The maximum Gasteiger partial charge on any atom is 0.0543 e. The van der Waals surface area contributed by atoms with E-state index >= 15 is 0 Å². The highest BCUT2D eigenvalue weighted by Gasteiger charge is 2.56. The van der Waals surface area contributed by atoms with Crippen LogP contribution in [0.1, 0.15) is 106 Å². The standard InChI is InChI=1S/C22H40O.C2H6/c1-6-16-14-17(23)10-12-22(16,5)20-11-13-21(4)15(3)8-9-19(21)18(20)7-2;1-2/h15-20,23H,6-14H2,1-5H3;1-2H3. The third-order valence-electron chi connectivity index (χ3n) is 9.23. The van der Waals surface area contributed by atoms with Crippen LogP contribution >= 0.6 is 0 Å². The molecule has 1 N–H and O–H groups in total. The first-order valence-electron chi connectivity index (χ1n) is 11.5. The molecule has 0 saturated heterocycles. The second-order valence-corrected chi connectivity index (χ2v) is 9.85. The topological polar surface area (TPSA) is 20.2 Å². The number of hydrogen-bond acceptors (Lipinski definition) is 1. The summed E-state index contributed by atoms with van der Waals surface area (Å²) in [6.07, 6.45) is 11.8. The van der Waals surface area contributed by atoms with Crippen LogP contribution in [0.2, 0.25) is 0 Å². The molecule has 1 nitrogen and oxygen atoms in total. The molecule has 3 rings (SSSR count). The van der Waals surface area contributed by atoms with E-state index in [-0.39, 0.29) is 6.10 Å². The first-order valence-corrected chi connectivity index (χ1v) is 11.5. The summed E-state index contributed by atoms with van der Waals surface area (Å²) >= 11 is 0. The smallest absolute Gasteiger partial charge is 0.0543 e. The van der Waals surface area contributed by atoms with E-state index in [4.69, 9.17) is 0 Å². The van der Waals surface area contributed by atoms with Gasteiger partial charge in [-0.15, -0.1) is 0 Å². The lowest BCUT2D eigenvalue weighted by atomic mass is 9.48. The molecule has 25 heavy (non-hydrogen) atoms. The Hall–Kier alpha value is -0.0400. The van der Waals surface area contributed by atoms with Crippen LogP contribution in [0.25, 0.3) is 0 Å². The van der Waals surface area contributed by atoms with Gasteiger partial charge in [0.05, 0.1) is 6.10 Å². The molecule has 0 aromatic heterocycles. The zero-order valence-corrected chi connectivity index (χ0v) is 18.3. The van der Waals surface area contributed by atoms with E-state index in [9.17, 15) is 5.11 Å². The maximum absolute atomic E-state index is 10.2. The number of rotatable bonds is 3. The largest absolute Gasteiger partial charge is 0.393 e. The molecule has 0 heterocycles. The van der Waals surface area contributed by atoms with Gasteiger partial charge in [0.25, 0.3) is 0 Å². The lowest BCUT2D eigenvalue weighted by Crippen LogP contribution is -2.50. The van der Waals surface area contributed by atoms with Crippen molar-refractivity contribution < 1.29 is 5.11 Å². The average molecular weight is 351 g/mol. The van der Waals surface area contributed by atoms with Crippen molar-refractivity contribution in [1.29, 1.82) is 0 Å². The Bertz CT molecular complexity index is 418. The summed E-state index contributed by atoms with van der Waals surface area (Å²) in [6, 6.07) is 0. The van der Waals surface area contributed by atoms with Crippen molar-refractivity contribution >= 4 is 0 Å². The number of aliphatic hydroxyl groups is 1. The molecule has 8 unspecified atom stereocenters. The minimum absolute atomic E-state index is 0.0338. The van der Waals surface area contributed by atoms with Gasteiger partial charge in [-0.3, -0.25) is 0 Å². The summed E-state index contributed by atoms with van der Waals surface area (Å²) in [5.41, 5.74) is 1.09. The fraction of sp³-hybridized carbons (Fsp3) is 1.00.